The van der Waals surface area contributed by atoms with Gasteiger partial charge in [-0.25, -0.2) is 9.55 Å². The molecule has 10 heteroatoms. The van der Waals surface area contributed by atoms with Gasteiger partial charge < -0.3 is 23.9 Å². The average Bonchev–Trinajstić information content (AvgIpc) is 2.89. The molecule has 0 aliphatic carbocycles. The van der Waals surface area contributed by atoms with Crippen LogP contribution in [0.5, 0.6) is 0 Å². The number of H-pyrrole nitrogens is 1. The fourth-order valence-electron chi connectivity index (χ4n) is 1.74. The monoisotopic (exact) mass is 333 g/mol. The van der Waals surface area contributed by atoms with Crippen molar-refractivity contribution < 1.29 is 34.9 Å². The van der Waals surface area contributed by atoms with Gasteiger partial charge in [0.25, 0.3) is 5.91 Å². The molecular weight excluding hydrogens is 323 g/mol. The van der Waals surface area contributed by atoms with Crippen LogP contribution in [0, 0.1) is 0 Å². The first-order valence-electron chi connectivity index (χ1n) is 5.68. The molecule has 0 saturated carbocycles. The number of amides is 1. The number of aromatic amines is 1. The number of carbonyl (C=O) groups is 1. The summed E-state index contributed by atoms with van der Waals surface area (Å²) in [5.41, 5.74) is 8.73. The molecule has 0 spiro atoms. The van der Waals surface area contributed by atoms with E-state index in [0.717, 1.165) is 0 Å². The van der Waals surface area contributed by atoms with Gasteiger partial charge in [0.2, 0.25) is 6.33 Å². The van der Waals surface area contributed by atoms with E-state index >= 15 is 0 Å². The minimum atomic E-state index is -4.63. The van der Waals surface area contributed by atoms with Gasteiger partial charge in [-0.15, -0.1) is 0 Å². The van der Waals surface area contributed by atoms with E-state index < -0.39 is 23.6 Å². The predicted octanol–water partition coefficient (Wildman–Crippen LogP) is -2.27. The molecule has 1 amide bonds. The summed E-state index contributed by atoms with van der Waals surface area (Å²) in [5.74, 6) is -1.45. The number of aliphatic imine (C=N–C) groups is 1. The van der Waals surface area contributed by atoms with Gasteiger partial charge in [0.1, 0.15) is 23.6 Å². The molecule has 118 valence electrons. The van der Waals surface area contributed by atoms with Crippen LogP contribution < -0.4 is 28.4 Å². The van der Waals surface area contributed by atoms with E-state index in [9.17, 15) is 18.0 Å². The maximum absolute atomic E-state index is 13.1. The number of alkyl halides is 3. The minimum absolute atomic E-state index is 0. The second kappa shape index (κ2) is 6.48. The molecule has 2 rings (SSSR count). The van der Waals surface area contributed by atoms with Crippen LogP contribution in [0.1, 0.15) is 15.9 Å². The van der Waals surface area contributed by atoms with Crippen LogP contribution in [0.15, 0.2) is 41.9 Å². The fourth-order valence-corrected chi connectivity index (χ4v) is 1.74. The molecule has 2 aromatic rings. The molecule has 0 aliphatic heterocycles. The fraction of sp³-hybridized carbons (Fsp3) is 0.0833. The van der Waals surface area contributed by atoms with E-state index in [1.165, 1.54) is 35.4 Å². The number of nitrogens with two attached hydrogens (primary N) is 2. The number of imidazole rings is 1. The highest BCUT2D eigenvalue weighted by atomic mass is 35.5. The van der Waals surface area contributed by atoms with Crippen LogP contribution in [0.4, 0.5) is 13.2 Å². The minimum Gasteiger partial charge on any atom is -1.00 e. The summed E-state index contributed by atoms with van der Waals surface area (Å²) in [6, 6.07) is 3.11. The lowest BCUT2D eigenvalue weighted by Crippen LogP contribution is -3.00. The third kappa shape index (κ3) is 3.76. The first kappa shape index (κ1) is 17.5. The molecule has 0 fully saturated rings. The SMILES string of the molecule is NC(N)=NC(=O)c1ccc(-[n+]2cc[nH]c2)c(C(F)(F)F)c1.[Cl-]. The van der Waals surface area contributed by atoms with Crippen molar-refractivity contribution in [3.8, 4) is 5.69 Å². The topological polar surface area (TPSA) is 101 Å². The summed E-state index contributed by atoms with van der Waals surface area (Å²) in [5, 5.41) is 0. The van der Waals surface area contributed by atoms with E-state index in [2.05, 4.69) is 9.98 Å². The molecular formula is C12H11ClF3N5O. The van der Waals surface area contributed by atoms with Crippen LogP contribution in [0.2, 0.25) is 0 Å². The van der Waals surface area contributed by atoms with Gasteiger partial charge in [-0.1, -0.05) is 0 Å². The molecule has 0 unspecified atom stereocenters. The second-order valence-corrected chi connectivity index (χ2v) is 4.09. The Balaban J connectivity index is 0.00000242. The number of halogens is 4. The largest absolute Gasteiger partial charge is 1.00 e. The number of benzene rings is 1. The van der Waals surface area contributed by atoms with Gasteiger partial charge >= 0.3 is 6.18 Å². The average molecular weight is 334 g/mol. The molecule has 0 radical (unpaired) electrons. The molecule has 5 N–H and O–H groups in total. The van der Waals surface area contributed by atoms with Gasteiger partial charge in [0.15, 0.2) is 5.96 Å². The van der Waals surface area contributed by atoms with Crippen molar-refractivity contribution in [1.82, 2.24) is 4.98 Å². The number of rotatable bonds is 2. The Bertz CT molecular complexity index is 693. The highest BCUT2D eigenvalue weighted by Gasteiger charge is 2.36. The third-order valence-electron chi connectivity index (χ3n) is 2.60. The number of nitrogens with one attached hydrogen (secondary N) is 1. The van der Waals surface area contributed by atoms with E-state index in [-0.39, 0.29) is 23.7 Å². The number of guanidine groups is 1. The Morgan fingerprint density at radius 3 is 2.45 bits per heavy atom. The Morgan fingerprint density at radius 2 is 1.95 bits per heavy atom. The van der Waals surface area contributed by atoms with Crippen molar-refractivity contribution in [2.75, 3.05) is 0 Å². The molecule has 0 aliphatic rings. The Morgan fingerprint density at radius 1 is 1.27 bits per heavy atom. The lowest BCUT2D eigenvalue weighted by Gasteiger charge is -2.11. The summed E-state index contributed by atoms with van der Waals surface area (Å²) in [7, 11) is 0. The van der Waals surface area contributed by atoms with Gasteiger partial charge in [0.05, 0.1) is 0 Å². The predicted molar refractivity (Wildman–Crippen MR) is 67.5 cm³/mol. The second-order valence-electron chi connectivity index (χ2n) is 4.09. The van der Waals surface area contributed by atoms with E-state index in [0.29, 0.717) is 6.07 Å². The van der Waals surface area contributed by atoms with Gasteiger partial charge in [-0.3, -0.25) is 4.79 Å². The molecule has 6 nitrogen and oxygen atoms in total. The summed E-state index contributed by atoms with van der Waals surface area (Å²) in [6.45, 7) is 0. The van der Waals surface area contributed by atoms with Crippen LogP contribution in [-0.4, -0.2) is 16.9 Å². The van der Waals surface area contributed by atoms with Crippen LogP contribution in [-0.2, 0) is 6.18 Å². The Labute approximate surface area is 129 Å². The summed E-state index contributed by atoms with van der Waals surface area (Å²) in [4.78, 5) is 17.5. The number of carbonyl (C=O) groups excluding carboxylic acids is 1. The molecule has 1 aromatic heterocycles. The van der Waals surface area contributed by atoms with Crippen molar-refractivity contribution >= 4 is 11.9 Å². The molecule has 0 atom stereocenters. The van der Waals surface area contributed by atoms with Gasteiger partial charge in [-0.2, -0.15) is 18.2 Å². The highest BCUT2D eigenvalue weighted by Crippen LogP contribution is 2.33. The number of aromatic nitrogens is 2. The lowest BCUT2D eigenvalue weighted by atomic mass is 10.1. The maximum atomic E-state index is 13.1. The standard InChI is InChI=1S/C12H10F3N5O.ClH/c13-12(14,15)8-5-7(10(21)19-11(16)17)1-2-9(8)20-4-3-18-6-20;/h1-6H,(H4,16,17,19,21);1H. The van der Waals surface area contributed by atoms with Crippen LogP contribution in [0.3, 0.4) is 0 Å². The molecule has 0 saturated heterocycles. The van der Waals surface area contributed by atoms with Crippen molar-refractivity contribution in [2.45, 2.75) is 6.18 Å². The summed E-state index contributed by atoms with van der Waals surface area (Å²) >= 11 is 0. The first-order chi connectivity index (χ1) is 9.79. The van der Waals surface area contributed by atoms with Crippen molar-refractivity contribution in [2.24, 2.45) is 16.5 Å². The zero-order valence-electron chi connectivity index (χ0n) is 10.9. The van der Waals surface area contributed by atoms with Crippen molar-refractivity contribution in [3.05, 3.63) is 48.0 Å². The molecule has 1 heterocycles. The molecule has 22 heavy (non-hydrogen) atoms. The van der Waals surface area contributed by atoms with Gasteiger partial charge in [0, 0.05) is 5.56 Å². The molecule has 1 aromatic carbocycles. The molecule has 0 bridgehead atoms. The normalized spacial score (nSPS) is 10.7. The smallest absolute Gasteiger partial charge is 0.420 e. The zero-order valence-corrected chi connectivity index (χ0v) is 11.7. The van der Waals surface area contributed by atoms with E-state index in [1.54, 1.807) is 0 Å². The number of hydrogen-bond acceptors (Lipinski definition) is 1. The maximum Gasteiger partial charge on any atom is 0.420 e. The Hall–Kier alpha value is -2.55. The van der Waals surface area contributed by atoms with Crippen molar-refractivity contribution in [1.29, 1.82) is 0 Å². The van der Waals surface area contributed by atoms with Crippen molar-refractivity contribution in [3.63, 3.8) is 0 Å². The van der Waals surface area contributed by atoms with E-state index in [4.69, 9.17) is 11.5 Å². The van der Waals surface area contributed by atoms with Crippen LogP contribution in [0.25, 0.3) is 5.69 Å². The lowest BCUT2D eigenvalue weighted by molar-refractivity contribution is -0.595. The zero-order chi connectivity index (χ0) is 15.6. The summed E-state index contributed by atoms with van der Waals surface area (Å²) in [6.07, 6.45) is -0.392. The third-order valence-corrected chi connectivity index (χ3v) is 2.60. The van der Waals surface area contributed by atoms with Gasteiger partial charge in [-0.05, 0) is 18.2 Å². The summed E-state index contributed by atoms with van der Waals surface area (Å²) < 4.78 is 40.6. The Kier molecular flexibility index (Phi) is 5.15. The van der Waals surface area contributed by atoms with E-state index in [1.807, 2.05) is 0 Å². The number of hydrogen-bond donors (Lipinski definition) is 3. The quantitative estimate of drug-likeness (QED) is 0.328. The van der Waals surface area contributed by atoms with Crippen LogP contribution >= 0.6 is 0 Å². The number of nitrogens with zero attached hydrogens (tertiary/aromatic N) is 2. The highest BCUT2D eigenvalue weighted by molar-refractivity contribution is 6.02. The first-order valence-corrected chi connectivity index (χ1v) is 5.68.